The van der Waals surface area contributed by atoms with Crippen molar-refractivity contribution in [2.75, 3.05) is 37.5 Å². The third kappa shape index (κ3) is 2.68. The van der Waals surface area contributed by atoms with Gasteiger partial charge in [0, 0.05) is 13.1 Å². The second kappa shape index (κ2) is 4.61. The molecule has 1 aromatic rings. The fourth-order valence-corrected chi connectivity index (χ4v) is 1.42. The first-order valence-electron chi connectivity index (χ1n) is 4.63. The number of nitrogen functional groups attached to an aromatic ring is 1. The predicted octanol–water partition coefficient (Wildman–Crippen LogP) is 0.371. The molecular weight excluding hydrogens is 218 g/mol. The maximum absolute atomic E-state index is 5.70. The molecule has 0 bridgehead atoms. The molecule has 1 fully saturated rings. The second-order valence-electron chi connectivity index (χ2n) is 3.15. The van der Waals surface area contributed by atoms with Gasteiger partial charge in [0.25, 0.3) is 0 Å². The van der Waals surface area contributed by atoms with Gasteiger partial charge in [-0.1, -0.05) is 0 Å². The number of aromatic nitrogens is 2. The fourth-order valence-electron chi connectivity index (χ4n) is 1.28. The first-order chi connectivity index (χ1) is 7.25. The molecule has 0 saturated carbocycles. The highest BCUT2D eigenvalue weighted by molar-refractivity contribution is 6.28. The first kappa shape index (κ1) is 10.4. The highest BCUT2D eigenvalue weighted by atomic mass is 35.5. The zero-order valence-corrected chi connectivity index (χ0v) is 8.87. The van der Waals surface area contributed by atoms with E-state index in [0.717, 1.165) is 13.1 Å². The topological polar surface area (TPSA) is 76.3 Å². The number of nitrogens with zero attached hydrogens (tertiary/aromatic N) is 3. The minimum Gasteiger partial charge on any atom is -0.394 e. The van der Waals surface area contributed by atoms with E-state index in [1.54, 1.807) is 0 Å². The molecular formula is C8H12ClN5O. The van der Waals surface area contributed by atoms with Crippen molar-refractivity contribution in [3.8, 4) is 0 Å². The van der Waals surface area contributed by atoms with Gasteiger partial charge in [-0.05, 0) is 11.6 Å². The summed E-state index contributed by atoms with van der Waals surface area (Å²) in [4.78, 5) is 7.78. The molecule has 0 unspecified atom stereocenters. The SMILES string of the molecule is Nc1cnc(Cl)nc1NN1CCOCC1. The van der Waals surface area contributed by atoms with E-state index in [4.69, 9.17) is 22.1 Å². The normalized spacial score (nSPS) is 17.7. The summed E-state index contributed by atoms with van der Waals surface area (Å²) in [7, 11) is 0. The van der Waals surface area contributed by atoms with Crippen LogP contribution in [0.25, 0.3) is 0 Å². The second-order valence-corrected chi connectivity index (χ2v) is 3.49. The Balaban J connectivity index is 2.05. The van der Waals surface area contributed by atoms with Gasteiger partial charge in [-0.25, -0.2) is 9.99 Å². The van der Waals surface area contributed by atoms with E-state index in [-0.39, 0.29) is 5.28 Å². The fraction of sp³-hybridized carbons (Fsp3) is 0.500. The zero-order chi connectivity index (χ0) is 10.7. The molecule has 3 N–H and O–H groups in total. The van der Waals surface area contributed by atoms with Crippen LogP contribution in [-0.2, 0) is 4.74 Å². The number of ether oxygens (including phenoxy) is 1. The number of hydrogen-bond acceptors (Lipinski definition) is 6. The van der Waals surface area contributed by atoms with Gasteiger partial charge in [0.15, 0.2) is 5.82 Å². The lowest BCUT2D eigenvalue weighted by molar-refractivity contribution is 0.0495. The van der Waals surface area contributed by atoms with Crippen LogP contribution in [0.5, 0.6) is 0 Å². The molecule has 2 rings (SSSR count). The number of nitrogens with one attached hydrogen (secondary N) is 1. The molecule has 15 heavy (non-hydrogen) atoms. The predicted molar refractivity (Wildman–Crippen MR) is 57.5 cm³/mol. The Hall–Kier alpha value is -1.11. The molecule has 1 saturated heterocycles. The van der Waals surface area contributed by atoms with E-state index in [1.165, 1.54) is 6.20 Å². The molecule has 0 amide bonds. The van der Waals surface area contributed by atoms with Crippen LogP contribution in [0.4, 0.5) is 11.5 Å². The van der Waals surface area contributed by atoms with Crippen LogP contribution >= 0.6 is 11.6 Å². The number of nitrogens with two attached hydrogens (primary N) is 1. The Morgan fingerprint density at radius 2 is 2.20 bits per heavy atom. The van der Waals surface area contributed by atoms with Gasteiger partial charge in [-0.3, -0.25) is 0 Å². The number of hydrazine groups is 1. The number of morpholine rings is 1. The van der Waals surface area contributed by atoms with Gasteiger partial charge in [0.1, 0.15) is 0 Å². The summed E-state index contributed by atoms with van der Waals surface area (Å²) in [6, 6.07) is 0. The van der Waals surface area contributed by atoms with Crippen LogP contribution in [0.3, 0.4) is 0 Å². The molecule has 6 nitrogen and oxygen atoms in total. The average Bonchev–Trinajstić information content (AvgIpc) is 2.25. The van der Waals surface area contributed by atoms with Crippen LogP contribution < -0.4 is 11.2 Å². The molecule has 1 aliphatic rings. The maximum Gasteiger partial charge on any atom is 0.224 e. The van der Waals surface area contributed by atoms with Crippen molar-refractivity contribution in [2.24, 2.45) is 0 Å². The van der Waals surface area contributed by atoms with Crippen molar-refractivity contribution >= 4 is 23.1 Å². The van der Waals surface area contributed by atoms with Crippen molar-refractivity contribution in [3.05, 3.63) is 11.5 Å². The largest absolute Gasteiger partial charge is 0.394 e. The molecule has 0 spiro atoms. The smallest absolute Gasteiger partial charge is 0.224 e. The molecule has 1 aliphatic heterocycles. The Labute approximate surface area is 92.4 Å². The van der Waals surface area contributed by atoms with E-state index in [2.05, 4.69) is 15.4 Å². The van der Waals surface area contributed by atoms with Crippen molar-refractivity contribution in [1.29, 1.82) is 0 Å². The van der Waals surface area contributed by atoms with E-state index in [0.29, 0.717) is 24.7 Å². The number of hydrogen-bond donors (Lipinski definition) is 2. The Bertz CT molecular complexity index is 342. The van der Waals surface area contributed by atoms with Crippen molar-refractivity contribution in [1.82, 2.24) is 15.0 Å². The summed E-state index contributed by atoms with van der Waals surface area (Å²) in [6.07, 6.45) is 1.48. The van der Waals surface area contributed by atoms with Crippen LogP contribution in [0.2, 0.25) is 5.28 Å². The van der Waals surface area contributed by atoms with Gasteiger partial charge < -0.3 is 15.9 Å². The van der Waals surface area contributed by atoms with Crippen molar-refractivity contribution < 1.29 is 4.74 Å². The van der Waals surface area contributed by atoms with E-state index < -0.39 is 0 Å². The Morgan fingerprint density at radius 3 is 2.93 bits per heavy atom. The summed E-state index contributed by atoms with van der Waals surface area (Å²) in [5.74, 6) is 0.539. The average molecular weight is 230 g/mol. The molecule has 2 heterocycles. The summed E-state index contributed by atoms with van der Waals surface area (Å²) >= 11 is 5.67. The van der Waals surface area contributed by atoms with E-state index >= 15 is 0 Å². The summed E-state index contributed by atoms with van der Waals surface area (Å²) in [6.45, 7) is 2.99. The van der Waals surface area contributed by atoms with Gasteiger partial charge in [0.2, 0.25) is 5.28 Å². The third-order valence-corrected chi connectivity index (χ3v) is 2.24. The molecule has 0 atom stereocenters. The van der Waals surface area contributed by atoms with Crippen LogP contribution in [0, 0.1) is 0 Å². The van der Waals surface area contributed by atoms with Crippen molar-refractivity contribution in [2.45, 2.75) is 0 Å². The zero-order valence-electron chi connectivity index (χ0n) is 8.11. The lowest BCUT2D eigenvalue weighted by Crippen LogP contribution is -2.40. The maximum atomic E-state index is 5.70. The number of rotatable bonds is 2. The van der Waals surface area contributed by atoms with Gasteiger partial charge in [-0.2, -0.15) is 4.98 Å². The minimum atomic E-state index is 0.181. The standard InChI is InChI=1S/C8H12ClN5O/c9-8-11-5-6(10)7(12-8)13-14-1-3-15-4-2-14/h5H,1-4,10H2,(H,11,12,13). The van der Waals surface area contributed by atoms with Crippen LogP contribution in [-0.4, -0.2) is 41.3 Å². The molecule has 1 aromatic heterocycles. The summed E-state index contributed by atoms with van der Waals surface area (Å²) < 4.78 is 5.22. The van der Waals surface area contributed by atoms with Gasteiger partial charge >= 0.3 is 0 Å². The molecule has 0 aliphatic carbocycles. The summed E-state index contributed by atoms with van der Waals surface area (Å²) in [5.41, 5.74) is 9.26. The van der Waals surface area contributed by atoms with E-state index in [1.807, 2.05) is 5.01 Å². The van der Waals surface area contributed by atoms with Crippen LogP contribution in [0.15, 0.2) is 6.20 Å². The van der Waals surface area contributed by atoms with Gasteiger partial charge in [0.05, 0.1) is 25.1 Å². The Kier molecular flexibility index (Phi) is 3.20. The number of halogens is 1. The quantitative estimate of drug-likeness (QED) is 0.714. The Morgan fingerprint density at radius 1 is 1.47 bits per heavy atom. The highest BCUT2D eigenvalue weighted by Gasteiger charge is 2.12. The highest BCUT2D eigenvalue weighted by Crippen LogP contribution is 2.16. The number of anilines is 2. The third-order valence-electron chi connectivity index (χ3n) is 2.06. The van der Waals surface area contributed by atoms with Crippen molar-refractivity contribution in [3.63, 3.8) is 0 Å². The molecule has 0 radical (unpaired) electrons. The van der Waals surface area contributed by atoms with Crippen LogP contribution in [0.1, 0.15) is 0 Å². The monoisotopic (exact) mass is 229 g/mol. The minimum absolute atomic E-state index is 0.181. The molecule has 82 valence electrons. The lowest BCUT2D eigenvalue weighted by Gasteiger charge is -2.27. The lowest BCUT2D eigenvalue weighted by atomic mass is 10.5. The summed E-state index contributed by atoms with van der Waals surface area (Å²) in [5, 5.41) is 2.17. The van der Waals surface area contributed by atoms with E-state index in [9.17, 15) is 0 Å². The first-order valence-corrected chi connectivity index (χ1v) is 5.01. The molecule has 0 aromatic carbocycles. The molecule has 7 heteroatoms. The van der Waals surface area contributed by atoms with Gasteiger partial charge in [-0.15, -0.1) is 0 Å².